The third-order valence-electron chi connectivity index (χ3n) is 4.06. The lowest BCUT2D eigenvalue weighted by molar-refractivity contribution is 0.0691. The van der Waals surface area contributed by atoms with E-state index in [9.17, 15) is 9.59 Å². The molecule has 3 N–H and O–H groups in total. The number of hydrogen-bond donors (Lipinski definition) is 3. The van der Waals surface area contributed by atoms with Gasteiger partial charge in [0.2, 0.25) is 0 Å². The number of methoxy groups -OCH3 is 1. The van der Waals surface area contributed by atoms with Crippen LogP contribution in [0.3, 0.4) is 0 Å². The molecule has 2 heterocycles. The van der Waals surface area contributed by atoms with Crippen molar-refractivity contribution in [2.24, 2.45) is 0 Å². The first kappa shape index (κ1) is 15.8. The van der Waals surface area contributed by atoms with E-state index in [4.69, 9.17) is 14.3 Å². The van der Waals surface area contributed by atoms with Crippen molar-refractivity contribution in [1.29, 1.82) is 0 Å². The van der Waals surface area contributed by atoms with E-state index in [0.29, 0.717) is 27.9 Å². The lowest BCUT2D eigenvalue weighted by Gasteiger charge is -2.03. The zero-order valence-electron chi connectivity index (χ0n) is 13.7. The Hall–Kier alpha value is -3.74. The molecule has 130 valence electrons. The van der Waals surface area contributed by atoms with Crippen LogP contribution in [0.25, 0.3) is 21.9 Å². The van der Waals surface area contributed by atoms with Gasteiger partial charge in [0.05, 0.1) is 7.11 Å². The number of hydrogen-bond acceptors (Lipinski definition) is 4. The van der Waals surface area contributed by atoms with Gasteiger partial charge in [-0.1, -0.05) is 0 Å². The number of carboxylic acids is 1. The minimum absolute atomic E-state index is 0.0923. The third-order valence-corrected chi connectivity index (χ3v) is 4.06. The van der Waals surface area contributed by atoms with E-state index in [-0.39, 0.29) is 11.5 Å². The van der Waals surface area contributed by atoms with E-state index in [0.717, 1.165) is 5.39 Å². The second-order valence-electron chi connectivity index (χ2n) is 5.76. The molecule has 0 radical (unpaired) electrons. The molecule has 0 aliphatic carbocycles. The molecule has 2 aromatic heterocycles. The number of anilines is 1. The molecule has 1 amide bonds. The van der Waals surface area contributed by atoms with Gasteiger partial charge in [0, 0.05) is 28.0 Å². The summed E-state index contributed by atoms with van der Waals surface area (Å²) >= 11 is 0. The summed E-state index contributed by atoms with van der Waals surface area (Å²) in [6.45, 7) is 0. The van der Waals surface area contributed by atoms with Gasteiger partial charge in [0.25, 0.3) is 5.91 Å². The Kier molecular flexibility index (Phi) is 3.62. The summed E-state index contributed by atoms with van der Waals surface area (Å²) in [5.74, 6) is -0.613. The molecule has 0 saturated carbocycles. The maximum absolute atomic E-state index is 12.4. The number of aromatic amines is 1. The minimum Gasteiger partial charge on any atom is -0.497 e. The average molecular weight is 350 g/mol. The molecule has 0 aliphatic heterocycles. The molecule has 0 aliphatic rings. The number of ether oxygens (including phenoxy) is 1. The van der Waals surface area contributed by atoms with Crippen molar-refractivity contribution in [2.75, 3.05) is 12.4 Å². The van der Waals surface area contributed by atoms with Crippen molar-refractivity contribution >= 4 is 39.4 Å². The Morgan fingerprint density at radius 2 is 1.92 bits per heavy atom. The fourth-order valence-corrected chi connectivity index (χ4v) is 2.77. The van der Waals surface area contributed by atoms with Crippen molar-refractivity contribution in [1.82, 2.24) is 4.98 Å². The summed E-state index contributed by atoms with van der Waals surface area (Å²) in [6.07, 6.45) is 0. The Morgan fingerprint density at radius 1 is 1.08 bits per heavy atom. The summed E-state index contributed by atoms with van der Waals surface area (Å²) in [5, 5.41) is 13.3. The minimum atomic E-state index is -1.04. The number of carbonyl (C=O) groups is 2. The largest absolute Gasteiger partial charge is 0.497 e. The molecule has 0 spiro atoms. The predicted octanol–water partition coefficient (Wildman–Crippen LogP) is 3.87. The monoisotopic (exact) mass is 350 g/mol. The normalized spacial score (nSPS) is 11.0. The van der Waals surface area contributed by atoms with E-state index in [2.05, 4.69) is 10.3 Å². The number of carboxylic acid groups (broad SMARTS) is 1. The maximum Gasteiger partial charge on any atom is 0.352 e. The highest BCUT2D eigenvalue weighted by molar-refractivity contribution is 6.05. The van der Waals surface area contributed by atoms with E-state index < -0.39 is 11.9 Å². The highest BCUT2D eigenvalue weighted by Gasteiger charge is 2.14. The molecular formula is C19H14N2O5. The van der Waals surface area contributed by atoms with E-state index >= 15 is 0 Å². The lowest BCUT2D eigenvalue weighted by Crippen LogP contribution is -2.10. The van der Waals surface area contributed by atoms with Gasteiger partial charge in [-0.3, -0.25) is 4.79 Å². The molecule has 4 rings (SSSR count). The van der Waals surface area contributed by atoms with Crippen molar-refractivity contribution in [3.05, 3.63) is 60.0 Å². The summed E-state index contributed by atoms with van der Waals surface area (Å²) in [7, 11) is 1.56. The number of H-pyrrole nitrogens is 1. The maximum atomic E-state index is 12.4. The number of furan rings is 1. The standard InChI is InChI=1S/C19H14N2O5/c1-25-13-4-2-10-8-17(26-16(10)9-13)18(22)20-12-3-5-14-11(6-12)7-15(21-14)19(23)24/h2-9,21H,1H3,(H,20,22)(H,23,24). The highest BCUT2D eigenvalue weighted by Crippen LogP contribution is 2.25. The van der Waals surface area contributed by atoms with E-state index in [1.54, 1.807) is 43.5 Å². The van der Waals surface area contributed by atoms with Crippen molar-refractivity contribution in [3.63, 3.8) is 0 Å². The SMILES string of the molecule is COc1ccc2cc(C(=O)Nc3ccc4[nH]c(C(=O)O)cc4c3)oc2c1. The third kappa shape index (κ3) is 2.75. The van der Waals surface area contributed by atoms with E-state index in [1.165, 1.54) is 6.07 Å². The predicted molar refractivity (Wildman–Crippen MR) is 96.0 cm³/mol. The van der Waals surface area contributed by atoms with Crippen LogP contribution in [-0.2, 0) is 0 Å². The lowest BCUT2D eigenvalue weighted by atomic mass is 10.2. The number of benzene rings is 2. The number of aromatic nitrogens is 1. The molecule has 26 heavy (non-hydrogen) atoms. The van der Waals surface area contributed by atoms with Crippen LogP contribution in [0.5, 0.6) is 5.75 Å². The molecule has 0 saturated heterocycles. The molecular weight excluding hydrogens is 336 g/mol. The molecule has 0 atom stereocenters. The molecule has 0 bridgehead atoms. The van der Waals surface area contributed by atoms with Crippen molar-refractivity contribution in [2.45, 2.75) is 0 Å². The first-order valence-corrected chi connectivity index (χ1v) is 7.78. The van der Waals surface area contributed by atoms with Crippen LogP contribution in [-0.4, -0.2) is 29.1 Å². The summed E-state index contributed by atoms with van der Waals surface area (Å²) < 4.78 is 10.7. The number of aromatic carboxylic acids is 1. The second-order valence-corrected chi connectivity index (χ2v) is 5.76. The van der Waals surface area contributed by atoms with Crippen LogP contribution in [0.2, 0.25) is 0 Å². The number of fused-ring (bicyclic) bond motifs is 2. The van der Waals surface area contributed by atoms with Gasteiger partial charge in [0.15, 0.2) is 5.76 Å². The molecule has 0 fully saturated rings. The summed E-state index contributed by atoms with van der Waals surface area (Å²) in [6, 6.07) is 13.6. The fraction of sp³-hybridized carbons (Fsp3) is 0.0526. The van der Waals surface area contributed by atoms with Gasteiger partial charge in [0.1, 0.15) is 17.0 Å². The van der Waals surface area contributed by atoms with Gasteiger partial charge in [-0.2, -0.15) is 0 Å². The summed E-state index contributed by atoms with van der Waals surface area (Å²) in [5.41, 5.74) is 1.86. The molecule has 2 aromatic carbocycles. The van der Waals surface area contributed by atoms with Gasteiger partial charge in [-0.25, -0.2) is 4.79 Å². The zero-order valence-corrected chi connectivity index (χ0v) is 13.7. The fourth-order valence-electron chi connectivity index (χ4n) is 2.77. The van der Waals surface area contributed by atoms with Gasteiger partial charge < -0.3 is 24.6 Å². The quantitative estimate of drug-likeness (QED) is 0.518. The van der Waals surface area contributed by atoms with Gasteiger partial charge >= 0.3 is 5.97 Å². The Morgan fingerprint density at radius 3 is 2.69 bits per heavy atom. The van der Waals surface area contributed by atoms with Crippen LogP contribution >= 0.6 is 0 Å². The van der Waals surface area contributed by atoms with Crippen LogP contribution in [0.4, 0.5) is 5.69 Å². The average Bonchev–Trinajstić information content (AvgIpc) is 3.24. The Labute approximate surface area is 147 Å². The Bertz CT molecular complexity index is 1160. The van der Waals surface area contributed by atoms with Crippen molar-refractivity contribution in [3.8, 4) is 5.75 Å². The van der Waals surface area contributed by atoms with Gasteiger partial charge in [-0.15, -0.1) is 0 Å². The topological polar surface area (TPSA) is 105 Å². The number of carbonyl (C=O) groups excluding carboxylic acids is 1. The Balaban J connectivity index is 1.61. The second kappa shape index (κ2) is 5.96. The number of nitrogens with one attached hydrogen (secondary N) is 2. The van der Waals surface area contributed by atoms with Crippen molar-refractivity contribution < 1.29 is 23.8 Å². The molecule has 4 aromatic rings. The first-order chi connectivity index (χ1) is 12.5. The van der Waals surface area contributed by atoms with Crippen LogP contribution in [0.1, 0.15) is 21.0 Å². The number of amides is 1. The smallest absolute Gasteiger partial charge is 0.352 e. The van der Waals surface area contributed by atoms with Crippen LogP contribution < -0.4 is 10.1 Å². The zero-order chi connectivity index (χ0) is 18.3. The molecule has 7 nitrogen and oxygen atoms in total. The molecule has 7 heteroatoms. The number of rotatable bonds is 4. The van der Waals surface area contributed by atoms with Gasteiger partial charge in [-0.05, 0) is 42.5 Å². The van der Waals surface area contributed by atoms with Crippen LogP contribution in [0.15, 0.2) is 52.9 Å². The summed E-state index contributed by atoms with van der Waals surface area (Å²) in [4.78, 5) is 26.3. The first-order valence-electron chi connectivity index (χ1n) is 7.78. The highest BCUT2D eigenvalue weighted by atomic mass is 16.5. The van der Waals surface area contributed by atoms with Crippen LogP contribution in [0, 0.1) is 0 Å². The van der Waals surface area contributed by atoms with E-state index in [1.807, 2.05) is 6.07 Å². The molecule has 0 unspecified atom stereocenters.